The Labute approximate surface area is 112 Å². The van der Waals surface area contributed by atoms with E-state index < -0.39 is 29.4 Å². The fourth-order valence-corrected chi connectivity index (χ4v) is 1.45. The molecule has 0 unspecified atom stereocenters. The summed E-state index contributed by atoms with van der Waals surface area (Å²) >= 11 is 0. The molecule has 17 heavy (non-hydrogen) atoms. The first-order valence-electron chi connectivity index (χ1n) is 3.98. The van der Waals surface area contributed by atoms with Crippen molar-refractivity contribution >= 4 is 17.9 Å². The predicted molar refractivity (Wildman–Crippen MR) is 47.3 cm³/mol. The molecular weight excluding hydrogens is 415 g/mol. The second kappa shape index (κ2) is 7.36. The second-order valence-electron chi connectivity index (χ2n) is 3.30. The van der Waals surface area contributed by atoms with Gasteiger partial charge in [-0.1, -0.05) is 0 Å². The van der Waals surface area contributed by atoms with Crippen LogP contribution < -0.4 is 22.5 Å². The second-order valence-corrected chi connectivity index (χ2v) is 3.30. The van der Waals surface area contributed by atoms with Crippen molar-refractivity contribution in [2.45, 2.75) is 25.9 Å². The average molecular weight is 429 g/mol. The Morgan fingerprint density at radius 3 is 1.71 bits per heavy atom. The van der Waals surface area contributed by atoms with Gasteiger partial charge in [-0.2, -0.15) is 0 Å². The Morgan fingerprint density at radius 2 is 1.47 bits per heavy atom. The number of ether oxygens (including phenoxy) is 1. The maximum atomic E-state index is 10.5. The quantitative estimate of drug-likeness (QED) is 0.366. The molecule has 0 aromatic heterocycles. The summed E-state index contributed by atoms with van der Waals surface area (Å²) < 4.78 is 4.62. The molecule has 0 heterocycles. The topological polar surface area (TPSA) is 177 Å². The normalized spacial score (nSPS) is 16.1. The third-order valence-corrected chi connectivity index (χ3v) is 2.27. The van der Waals surface area contributed by atoms with Gasteiger partial charge >= 0.3 is 27.0 Å². The van der Waals surface area contributed by atoms with E-state index in [1.807, 2.05) is 0 Å². The number of hydrogen-bond acceptors (Lipinski definition) is 8. The van der Waals surface area contributed by atoms with E-state index in [9.17, 15) is 24.6 Å². The minimum absolute atomic E-state index is 0. The molecule has 0 bridgehead atoms. The molecule has 8 nitrogen and oxygen atoms in total. The van der Waals surface area contributed by atoms with Crippen molar-refractivity contribution in [1.82, 2.24) is 12.3 Å². The zero-order valence-electron chi connectivity index (χ0n) is 9.17. The van der Waals surface area contributed by atoms with Crippen LogP contribution in [0.15, 0.2) is 0 Å². The van der Waals surface area contributed by atoms with Crippen LogP contribution in [0, 0.1) is 5.41 Å². The zero-order valence-corrected chi connectivity index (χ0v) is 11.4. The summed E-state index contributed by atoms with van der Waals surface area (Å²) in [5.41, 5.74) is -1.99. The van der Waals surface area contributed by atoms with E-state index in [2.05, 4.69) is 4.74 Å². The van der Waals surface area contributed by atoms with Gasteiger partial charge in [0.2, 0.25) is 0 Å². The van der Waals surface area contributed by atoms with Gasteiger partial charge in [-0.3, -0.25) is 4.79 Å². The molecule has 102 valence electrons. The molecule has 0 amide bonds. The van der Waals surface area contributed by atoms with Gasteiger partial charge < -0.3 is 36.8 Å². The summed E-state index contributed by atoms with van der Waals surface area (Å²) in [5, 5.41) is 21.0. The monoisotopic (exact) mass is 429 g/mol. The van der Waals surface area contributed by atoms with Crippen molar-refractivity contribution in [3.63, 3.8) is 0 Å². The summed E-state index contributed by atoms with van der Waals surface area (Å²) in [5.74, 6) is -3.96. The van der Waals surface area contributed by atoms with Gasteiger partial charge in [0.25, 0.3) is 0 Å². The molecule has 0 aromatic rings. The van der Waals surface area contributed by atoms with Crippen LogP contribution in [0.25, 0.3) is 0 Å². The molecule has 0 aromatic carbocycles. The van der Waals surface area contributed by atoms with Crippen LogP contribution in [-0.4, -0.2) is 24.0 Å². The molecule has 1 rings (SSSR count). The molecule has 0 atom stereocenters. The van der Waals surface area contributed by atoms with E-state index in [0.29, 0.717) is 0 Å². The van der Waals surface area contributed by atoms with E-state index in [0.717, 1.165) is 6.92 Å². The van der Waals surface area contributed by atoms with Crippen molar-refractivity contribution in [3.05, 3.63) is 0 Å². The molecule has 1 aliphatic rings. The summed E-state index contributed by atoms with van der Waals surface area (Å²) in [6.45, 7) is 1.16. The van der Waals surface area contributed by atoms with Crippen molar-refractivity contribution in [2.75, 3.05) is 0 Å². The van der Waals surface area contributed by atoms with Crippen molar-refractivity contribution in [3.8, 4) is 0 Å². The standard InChI is InChI=1S/C8H10O6.2H3N.Pt/c1-4(9)14-5-2-8(3-5,6(10)11)7(12)13;;;/h5H,2-3H2,1H3,(H,10,11)(H,12,13);2*1H3;/q;;;+2/p-2. The number of esters is 1. The fourth-order valence-electron chi connectivity index (χ4n) is 1.45. The van der Waals surface area contributed by atoms with Gasteiger partial charge in [0.15, 0.2) is 0 Å². The summed E-state index contributed by atoms with van der Waals surface area (Å²) in [6, 6.07) is 0. The van der Waals surface area contributed by atoms with Gasteiger partial charge in [-0.05, 0) is 0 Å². The predicted octanol–water partition coefficient (Wildman–Crippen LogP) is -2.48. The number of carbonyl (C=O) groups is 3. The maximum Gasteiger partial charge on any atom is 2.00 e. The Hall–Kier alpha value is -0.982. The molecule has 0 aliphatic heterocycles. The Morgan fingerprint density at radius 1 is 1.12 bits per heavy atom. The Kier molecular flexibility index (Phi) is 9.24. The average Bonchev–Trinajstić information content (AvgIpc) is 1.93. The van der Waals surface area contributed by atoms with Gasteiger partial charge in [-0.25, -0.2) is 0 Å². The van der Waals surface area contributed by atoms with E-state index in [1.54, 1.807) is 0 Å². The molecule has 0 spiro atoms. The van der Waals surface area contributed by atoms with Crippen LogP contribution in [0.1, 0.15) is 19.8 Å². The van der Waals surface area contributed by atoms with Crippen molar-refractivity contribution in [2.24, 2.45) is 5.41 Å². The molecule has 1 fully saturated rings. The number of aliphatic carboxylic acids is 2. The van der Waals surface area contributed by atoms with Gasteiger partial charge in [0, 0.05) is 19.8 Å². The molecule has 6 N–H and O–H groups in total. The van der Waals surface area contributed by atoms with Crippen molar-refractivity contribution in [1.29, 1.82) is 0 Å². The van der Waals surface area contributed by atoms with Gasteiger partial charge in [0.1, 0.15) is 6.10 Å². The van der Waals surface area contributed by atoms with Gasteiger partial charge in [-0.15, -0.1) is 0 Å². The Balaban J connectivity index is -0.000000653. The number of carboxylic acid groups (broad SMARTS) is 2. The van der Waals surface area contributed by atoms with Crippen LogP contribution in [0.2, 0.25) is 0 Å². The van der Waals surface area contributed by atoms with Crippen LogP contribution in [0.4, 0.5) is 0 Å². The van der Waals surface area contributed by atoms with Crippen LogP contribution in [-0.2, 0) is 40.2 Å². The molecule has 1 saturated carbocycles. The summed E-state index contributed by atoms with van der Waals surface area (Å²) in [7, 11) is 0. The van der Waals surface area contributed by atoms with E-state index in [-0.39, 0.29) is 46.2 Å². The number of hydrogen-bond donors (Lipinski definition) is 2. The molecular formula is C8H14N2O6Pt. The number of carboxylic acids is 2. The van der Waals surface area contributed by atoms with Crippen LogP contribution in [0.3, 0.4) is 0 Å². The maximum absolute atomic E-state index is 10.5. The Bertz CT molecular complexity index is 286. The minimum Gasteiger partial charge on any atom is -0.549 e. The SMILES string of the molecule is CC(=O)OC1CC(C(=O)[O-])(C(=O)[O-])C1.N.N.[Pt+2]. The summed E-state index contributed by atoms with van der Waals surface area (Å²) in [4.78, 5) is 31.5. The largest absolute Gasteiger partial charge is 2.00 e. The van der Waals surface area contributed by atoms with Crippen LogP contribution in [0.5, 0.6) is 0 Å². The molecule has 1 aliphatic carbocycles. The van der Waals surface area contributed by atoms with E-state index in [4.69, 9.17) is 0 Å². The summed E-state index contributed by atoms with van der Waals surface area (Å²) in [6.07, 6.45) is -1.22. The molecule has 0 saturated heterocycles. The van der Waals surface area contributed by atoms with Gasteiger partial charge in [0.05, 0.1) is 17.4 Å². The first-order valence-corrected chi connectivity index (χ1v) is 3.98. The zero-order chi connectivity index (χ0) is 10.9. The smallest absolute Gasteiger partial charge is 0.549 e. The third kappa shape index (κ3) is 4.07. The molecule has 9 heteroatoms. The fraction of sp³-hybridized carbons (Fsp3) is 0.625. The van der Waals surface area contributed by atoms with E-state index in [1.165, 1.54) is 0 Å². The van der Waals surface area contributed by atoms with Crippen LogP contribution >= 0.6 is 0 Å². The first kappa shape index (κ1) is 21.3. The van der Waals surface area contributed by atoms with Crippen molar-refractivity contribution < 1.29 is 50.4 Å². The first-order chi connectivity index (χ1) is 6.38. The minimum atomic E-state index is -1.99. The molecule has 0 radical (unpaired) electrons. The number of rotatable bonds is 3. The third-order valence-electron chi connectivity index (χ3n) is 2.27. The van der Waals surface area contributed by atoms with E-state index >= 15 is 0 Å². The number of carbonyl (C=O) groups excluding carboxylic acids is 3.